The number of aliphatic carboxylic acids is 1. The summed E-state index contributed by atoms with van der Waals surface area (Å²) in [4.78, 5) is 37.3. The van der Waals surface area contributed by atoms with Gasteiger partial charge in [0.05, 0.1) is 13.2 Å². The fourth-order valence-corrected chi connectivity index (χ4v) is 4.77. The second-order valence-corrected chi connectivity index (χ2v) is 11.6. The maximum absolute atomic E-state index is 14.0. The zero-order chi connectivity index (χ0) is 31.6. The van der Waals surface area contributed by atoms with Gasteiger partial charge < -0.3 is 34.7 Å². The van der Waals surface area contributed by atoms with Crippen LogP contribution in [0.3, 0.4) is 0 Å². The molecule has 41 heavy (non-hydrogen) atoms. The molecule has 0 spiro atoms. The van der Waals surface area contributed by atoms with Gasteiger partial charge in [-0.2, -0.15) is 0 Å². The van der Waals surface area contributed by atoms with Gasteiger partial charge in [0.1, 0.15) is 6.04 Å². The predicted octanol–water partition coefficient (Wildman–Crippen LogP) is 5.89. The summed E-state index contributed by atoms with van der Waals surface area (Å²) in [6, 6.07) is -1.10. The van der Waals surface area contributed by atoms with Crippen molar-refractivity contribution in [2.24, 2.45) is 22.3 Å². The molecule has 0 aromatic rings. The average molecular weight is 612 g/mol. The van der Waals surface area contributed by atoms with E-state index in [1.807, 2.05) is 13.8 Å². The summed E-state index contributed by atoms with van der Waals surface area (Å²) in [5, 5.41) is 9.51. The van der Waals surface area contributed by atoms with Crippen LogP contribution in [-0.4, -0.2) is 73.1 Å². The summed E-state index contributed by atoms with van der Waals surface area (Å²) in [7, 11) is -3.41. The van der Waals surface area contributed by atoms with Gasteiger partial charge in [0, 0.05) is 18.9 Å². The van der Waals surface area contributed by atoms with Crippen LogP contribution >= 0.6 is 7.75 Å². The molecule has 0 bridgehead atoms. The van der Waals surface area contributed by atoms with Crippen molar-refractivity contribution in [1.82, 2.24) is 4.90 Å². The SMILES string of the molecule is CCCCCOC(=O)OC(OP(=O)(N=C(N)N(C)C(CC)C(=O)O)OC(OC(=O)OCCCCC)C(C)C)C(C)C. The lowest BCUT2D eigenvalue weighted by molar-refractivity contribution is -0.141. The van der Waals surface area contributed by atoms with Gasteiger partial charge in [-0.3, -0.25) is 0 Å². The highest BCUT2D eigenvalue weighted by atomic mass is 31.2. The quantitative estimate of drug-likeness (QED) is 0.0415. The molecule has 3 N–H and O–H groups in total. The van der Waals surface area contributed by atoms with Crippen molar-refractivity contribution >= 4 is 32.0 Å². The van der Waals surface area contributed by atoms with E-state index in [-0.39, 0.29) is 19.6 Å². The lowest BCUT2D eigenvalue weighted by Gasteiger charge is -2.29. The topological polar surface area (TPSA) is 186 Å². The van der Waals surface area contributed by atoms with Crippen molar-refractivity contribution in [3.05, 3.63) is 0 Å². The Morgan fingerprint density at radius 3 is 1.56 bits per heavy atom. The molecule has 0 saturated heterocycles. The monoisotopic (exact) mass is 611 g/mol. The second kappa shape index (κ2) is 20.3. The number of carbonyl (C=O) groups excluding carboxylic acids is 2. The molecule has 0 amide bonds. The molecular formula is C26H50N3O11P. The van der Waals surface area contributed by atoms with Crippen LogP contribution in [0.15, 0.2) is 4.76 Å². The summed E-state index contributed by atoms with van der Waals surface area (Å²) < 4.78 is 49.8. The molecule has 0 saturated carbocycles. The number of hydrogen-bond acceptors (Lipinski definition) is 10. The van der Waals surface area contributed by atoms with Crippen LogP contribution in [0.1, 0.15) is 93.4 Å². The summed E-state index contributed by atoms with van der Waals surface area (Å²) in [6.45, 7) is 12.4. The first-order chi connectivity index (χ1) is 19.2. The summed E-state index contributed by atoms with van der Waals surface area (Å²) in [6.07, 6.45) is -0.0638. The van der Waals surface area contributed by atoms with Crippen LogP contribution < -0.4 is 5.73 Å². The third kappa shape index (κ3) is 15.9. The minimum Gasteiger partial charge on any atom is -0.480 e. The van der Waals surface area contributed by atoms with Gasteiger partial charge in [-0.05, 0) is 19.3 Å². The zero-order valence-corrected chi connectivity index (χ0v) is 26.6. The fourth-order valence-electron chi connectivity index (χ4n) is 3.14. The summed E-state index contributed by atoms with van der Waals surface area (Å²) in [5.41, 5.74) is 6.03. The van der Waals surface area contributed by atoms with Gasteiger partial charge >= 0.3 is 26.0 Å². The zero-order valence-electron chi connectivity index (χ0n) is 25.7. The number of carboxylic acid groups (broad SMARTS) is 1. The van der Waals surface area contributed by atoms with E-state index in [1.54, 1.807) is 34.6 Å². The molecule has 0 rings (SSSR count). The standard InChI is InChI=1S/C26H50N3O11P/c1-9-12-14-16-35-25(32)37-22(18(4)5)39-41(34,28-24(27)29(8)20(11-3)21(30)31)40-23(19(6)7)38-26(33)36-17-15-13-10-2/h18-20,22-23H,9-17H2,1-8H3,(H,30,31)(H2,27,28,34). The normalized spacial score (nSPS) is 15.5. The van der Waals surface area contributed by atoms with Crippen LogP contribution in [0.5, 0.6) is 0 Å². The van der Waals surface area contributed by atoms with Crippen molar-refractivity contribution in [2.75, 3.05) is 20.3 Å². The molecule has 240 valence electrons. The number of unbranched alkanes of at least 4 members (excludes halogenated alkanes) is 4. The van der Waals surface area contributed by atoms with E-state index < -0.39 is 62.4 Å². The molecule has 0 aliphatic heterocycles. The number of carboxylic acids is 1. The van der Waals surface area contributed by atoms with E-state index in [0.717, 1.165) is 30.6 Å². The van der Waals surface area contributed by atoms with Crippen molar-refractivity contribution in [3.8, 4) is 0 Å². The smallest absolute Gasteiger partial charge is 0.480 e. The average Bonchev–Trinajstić information content (AvgIpc) is 2.88. The summed E-state index contributed by atoms with van der Waals surface area (Å²) in [5.74, 6) is -2.80. The Bertz CT molecular complexity index is 826. The lowest BCUT2D eigenvalue weighted by Crippen LogP contribution is -2.45. The lowest BCUT2D eigenvalue weighted by atomic mass is 10.2. The molecular weight excluding hydrogens is 561 g/mol. The first kappa shape index (κ1) is 38.4. The molecule has 0 radical (unpaired) electrons. The van der Waals surface area contributed by atoms with Crippen LogP contribution in [-0.2, 0) is 37.4 Å². The van der Waals surface area contributed by atoms with E-state index in [0.29, 0.717) is 12.8 Å². The number of rotatable bonds is 20. The number of carbonyl (C=O) groups is 3. The van der Waals surface area contributed by atoms with Crippen molar-refractivity contribution in [2.45, 2.75) is 112 Å². The Morgan fingerprint density at radius 1 is 0.829 bits per heavy atom. The van der Waals surface area contributed by atoms with E-state index in [4.69, 9.17) is 33.7 Å². The Labute approximate surface area is 243 Å². The Hall–Kier alpha value is -2.57. The van der Waals surface area contributed by atoms with Crippen LogP contribution in [0.25, 0.3) is 0 Å². The van der Waals surface area contributed by atoms with Crippen molar-refractivity contribution in [3.63, 3.8) is 0 Å². The highest BCUT2D eigenvalue weighted by Gasteiger charge is 2.39. The van der Waals surface area contributed by atoms with Crippen molar-refractivity contribution in [1.29, 1.82) is 0 Å². The number of nitrogens with two attached hydrogens (primary N) is 1. The van der Waals surface area contributed by atoms with Crippen molar-refractivity contribution < 1.29 is 52.1 Å². The predicted molar refractivity (Wildman–Crippen MR) is 152 cm³/mol. The second-order valence-electron chi connectivity index (χ2n) is 10.1. The molecule has 0 aliphatic rings. The molecule has 15 heteroatoms. The minimum absolute atomic E-state index is 0.124. The first-order valence-electron chi connectivity index (χ1n) is 14.2. The highest BCUT2D eigenvalue weighted by Crippen LogP contribution is 2.54. The largest absolute Gasteiger partial charge is 0.510 e. The Morgan fingerprint density at radius 2 is 1.24 bits per heavy atom. The van der Waals surface area contributed by atoms with E-state index in [2.05, 4.69) is 4.76 Å². The van der Waals surface area contributed by atoms with E-state index in [9.17, 15) is 24.1 Å². The molecule has 0 aliphatic carbocycles. The molecule has 0 fully saturated rings. The van der Waals surface area contributed by atoms with Gasteiger partial charge in [0.2, 0.25) is 18.5 Å². The molecule has 0 aromatic carbocycles. The molecule has 0 aromatic heterocycles. The molecule has 3 unspecified atom stereocenters. The third-order valence-electron chi connectivity index (χ3n) is 5.65. The van der Waals surface area contributed by atoms with Gasteiger partial charge in [-0.15, -0.1) is 4.76 Å². The maximum Gasteiger partial charge on any atom is 0.510 e. The maximum atomic E-state index is 14.0. The minimum atomic E-state index is -4.75. The fraction of sp³-hybridized carbons (Fsp3) is 0.846. The molecule has 0 heterocycles. The van der Waals surface area contributed by atoms with Crippen LogP contribution in [0.4, 0.5) is 9.59 Å². The van der Waals surface area contributed by atoms with Gasteiger partial charge in [-0.1, -0.05) is 74.1 Å². The summed E-state index contributed by atoms with van der Waals surface area (Å²) >= 11 is 0. The Kier molecular flexibility index (Phi) is 19.1. The Balaban J connectivity index is 6.13. The number of hydrogen-bond donors (Lipinski definition) is 2. The van der Waals surface area contributed by atoms with Gasteiger partial charge in [0.15, 0.2) is 0 Å². The molecule has 14 nitrogen and oxygen atoms in total. The number of nitrogens with zero attached hydrogens (tertiary/aromatic N) is 2. The highest BCUT2D eigenvalue weighted by molar-refractivity contribution is 7.52. The van der Waals surface area contributed by atoms with E-state index >= 15 is 0 Å². The first-order valence-corrected chi connectivity index (χ1v) is 15.7. The molecule has 3 atom stereocenters. The van der Waals surface area contributed by atoms with E-state index in [1.165, 1.54) is 7.05 Å². The number of guanidine groups is 1. The van der Waals surface area contributed by atoms with Crippen LogP contribution in [0, 0.1) is 11.8 Å². The number of likely N-dealkylation sites (N-methyl/N-ethyl adjacent to an activating group) is 1. The van der Waals surface area contributed by atoms with Gasteiger partial charge in [-0.25, -0.2) is 28.0 Å². The van der Waals surface area contributed by atoms with Gasteiger partial charge in [0.25, 0.3) is 0 Å². The third-order valence-corrected chi connectivity index (χ3v) is 7.05. The number of ether oxygens (including phenoxy) is 4. The van der Waals surface area contributed by atoms with Crippen LogP contribution in [0.2, 0.25) is 0 Å².